The molecule has 4 N–H and O–H groups in total. The number of anilines is 1. The molecule has 2 aromatic rings. The van der Waals surface area contributed by atoms with E-state index in [1.807, 2.05) is 24.3 Å². The Labute approximate surface area is 150 Å². The standard InChI is InChI=1S/C17H14ClFN2O2.CH5N/c18-13-7-6-11(9-14(13)19)20-16(22)17(23)21-15-8-5-10-3-1-2-4-12(10)15;1-2/h1-4,6-7,9,15H,5,8H2,(H,20,22)(H,21,23);2H2,1H3. The topological polar surface area (TPSA) is 84.2 Å². The van der Waals surface area contributed by atoms with Gasteiger partial charge in [0.05, 0.1) is 11.1 Å². The Balaban J connectivity index is 0.00000109. The van der Waals surface area contributed by atoms with E-state index in [1.54, 1.807) is 0 Å². The maximum Gasteiger partial charge on any atom is 0.313 e. The molecule has 132 valence electrons. The summed E-state index contributed by atoms with van der Waals surface area (Å²) in [5.41, 5.74) is 6.89. The number of hydrogen-bond donors (Lipinski definition) is 3. The fourth-order valence-corrected chi connectivity index (χ4v) is 2.81. The summed E-state index contributed by atoms with van der Waals surface area (Å²) in [5, 5.41) is 5.02. The maximum absolute atomic E-state index is 13.3. The Hall–Kier alpha value is -2.44. The summed E-state index contributed by atoms with van der Waals surface area (Å²) in [6, 6.07) is 11.5. The molecule has 0 aliphatic heterocycles. The molecule has 0 heterocycles. The van der Waals surface area contributed by atoms with Crippen molar-refractivity contribution in [2.24, 2.45) is 5.73 Å². The minimum Gasteiger partial charge on any atom is -0.341 e. The Bertz CT molecular complexity index is 783. The Morgan fingerprint density at radius 2 is 1.88 bits per heavy atom. The van der Waals surface area contributed by atoms with E-state index < -0.39 is 17.6 Å². The molecule has 1 aliphatic carbocycles. The average molecular weight is 364 g/mol. The van der Waals surface area contributed by atoms with Gasteiger partial charge >= 0.3 is 11.8 Å². The van der Waals surface area contributed by atoms with Gasteiger partial charge in [0.15, 0.2) is 0 Å². The number of amides is 2. The molecule has 1 atom stereocenters. The number of nitrogens with two attached hydrogens (primary N) is 1. The second kappa shape index (κ2) is 8.60. The van der Waals surface area contributed by atoms with Crippen molar-refractivity contribution >= 4 is 29.1 Å². The van der Waals surface area contributed by atoms with E-state index in [2.05, 4.69) is 16.4 Å². The summed E-state index contributed by atoms with van der Waals surface area (Å²) >= 11 is 5.57. The van der Waals surface area contributed by atoms with Crippen LogP contribution in [0, 0.1) is 5.82 Å². The summed E-state index contributed by atoms with van der Waals surface area (Å²) in [6.45, 7) is 0. The van der Waals surface area contributed by atoms with E-state index in [9.17, 15) is 14.0 Å². The van der Waals surface area contributed by atoms with Crippen molar-refractivity contribution in [3.63, 3.8) is 0 Å². The van der Waals surface area contributed by atoms with Crippen molar-refractivity contribution in [2.45, 2.75) is 18.9 Å². The molecule has 0 fully saturated rings. The van der Waals surface area contributed by atoms with Crippen molar-refractivity contribution in [1.82, 2.24) is 5.32 Å². The van der Waals surface area contributed by atoms with Crippen LogP contribution in [0.5, 0.6) is 0 Å². The van der Waals surface area contributed by atoms with Crippen molar-refractivity contribution in [3.8, 4) is 0 Å². The van der Waals surface area contributed by atoms with Gasteiger partial charge in [-0.1, -0.05) is 35.9 Å². The van der Waals surface area contributed by atoms with Crippen LogP contribution in [-0.4, -0.2) is 18.9 Å². The lowest BCUT2D eigenvalue weighted by Gasteiger charge is -2.14. The average Bonchev–Trinajstić information content (AvgIpc) is 3.03. The maximum atomic E-state index is 13.3. The largest absolute Gasteiger partial charge is 0.341 e. The van der Waals surface area contributed by atoms with Crippen LogP contribution in [0.4, 0.5) is 10.1 Å². The normalized spacial score (nSPS) is 14.8. The fourth-order valence-electron chi connectivity index (χ4n) is 2.69. The molecule has 0 radical (unpaired) electrons. The van der Waals surface area contributed by atoms with Crippen LogP contribution in [-0.2, 0) is 16.0 Å². The number of nitrogens with one attached hydrogen (secondary N) is 2. The van der Waals surface area contributed by atoms with Crippen LogP contribution in [0.25, 0.3) is 0 Å². The van der Waals surface area contributed by atoms with Gasteiger partial charge in [0.1, 0.15) is 5.82 Å². The second-order valence-electron chi connectivity index (χ2n) is 5.35. The molecule has 0 saturated heterocycles. The van der Waals surface area contributed by atoms with Gasteiger partial charge in [-0.05, 0) is 49.2 Å². The van der Waals surface area contributed by atoms with Gasteiger partial charge in [-0.2, -0.15) is 0 Å². The summed E-state index contributed by atoms with van der Waals surface area (Å²) in [6.07, 6.45) is 1.62. The monoisotopic (exact) mass is 363 g/mol. The van der Waals surface area contributed by atoms with E-state index in [0.717, 1.165) is 24.5 Å². The third-order valence-electron chi connectivity index (χ3n) is 3.82. The van der Waals surface area contributed by atoms with Crippen LogP contribution < -0.4 is 16.4 Å². The number of hydrogen-bond acceptors (Lipinski definition) is 3. The van der Waals surface area contributed by atoms with E-state index in [0.29, 0.717) is 0 Å². The predicted octanol–water partition coefficient (Wildman–Crippen LogP) is 2.80. The molecule has 1 aliphatic rings. The zero-order chi connectivity index (χ0) is 18.4. The van der Waals surface area contributed by atoms with Crippen molar-refractivity contribution in [1.29, 1.82) is 0 Å². The third-order valence-corrected chi connectivity index (χ3v) is 4.13. The zero-order valence-electron chi connectivity index (χ0n) is 13.7. The van der Waals surface area contributed by atoms with E-state index in [1.165, 1.54) is 24.7 Å². The molecule has 2 amide bonds. The van der Waals surface area contributed by atoms with Crippen LogP contribution in [0.1, 0.15) is 23.6 Å². The third kappa shape index (κ3) is 4.55. The molecular weight excluding hydrogens is 345 g/mol. The van der Waals surface area contributed by atoms with Crippen molar-refractivity contribution in [2.75, 3.05) is 12.4 Å². The summed E-state index contributed by atoms with van der Waals surface area (Å²) < 4.78 is 13.3. The van der Waals surface area contributed by atoms with Gasteiger partial charge in [-0.3, -0.25) is 9.59 Å². The number of rotatable bonds is 2. The fraction of sp³-hybridized carbons (Fsp3) is 0.222. The predicted molar refractivity (Wildman–Crippen MR) is 95.8 cm³/mol. The highest BCUT2D eigenvalue weighted by molar-refractivity contribution is 6.39. The molecule has 0 spiro atoms. The molecule has 5 nitrogen and oxygen atoms in total. The molecule has 0 aromatic heterocycles. The lowest BCUT2D eigenvalue weighted by molar-refractivity contribution is -0.136. The minimum absolute atomic E-state index is 0.0463. The first kappa shape index (κ1) is 18.9. The number of halogens is 2. The van der Waals surface area contributed by atoms with E-state index >= 15 is 0 Å². The van der Waals surface area contributed by atoms with E-state index in [-0.39, 0.29) is 16.8 Å². The van der Waals surface area contributed by atoms with Gasteiger partial charge in [0.25, 0.3) is 0 Å². The lowest BCUT2D eigenvalue weighted by Crippen LogP contribution is -2.37. The molecule has 1 unspecified atom stereocenters. The highest BCUT2D eigenvalue weighted by Crippen LogP contribution is 2.30. The molecule has 0 bridgehead atoms. The number of carbonyl (C=O) groups excluding carboxylic acids is 2. The smallest absolute Gasteiger partial charge is 0.313 e. The SMILES string of the molecule is CN.O=C(Nc1ccc(Cl)c(F)c1)C(=O)NC1CCc2ccccc21. The summed E-state index contributed by atoms with van der Waals surface area (Å²) in [5.74, 6) is -2.24. The van der Waals surface area contributed by atoms with Crippen molar-refractivity contribution < 1.29 is 14.0 Å². The van der Waals surface area contributed by atoms with Gasteiger partial charge in [-0.25, -0.2) is 4.39 Å². The molecule has 3 rings (SSSR count). The van der Waals surface area contributed by atoms with Crippen LogP contribution in [0.3, 0.4) is 0 Å². The number of benzene rings is 2. The highest BCUT2D eigenvalue weighted by atomic mass is 35.5. The highest BCUT2D eigenvalue weighted by Gasteiger charge is 2.25. The van der Waals surface area contributed by atoms with E-state index in [4.69, 9.17) is 11.6 Å². The van der Waals surface area contributed by atoms with Crippen LogP contribution in [0.2, 0.25) is 5.02 Å². The quantitative estimate of drug-likeness (QED) is 0.717. The Morgan fingerprint density at radius 1 is 1.16 bits per heavy atom. The first-order valence-corrected chi connectivity index (χ1v) is 8.15. The Morgan fingerprint density at radius 3 is 2.60 bits per heavy atom. The van der Waals surface area contributed by atoms with Crippen molar-refractivity contribution in [3.05, 3.63) is 64.4 Å². The lowest BCUT2D eigenvalue weighted by atomic mass is 10.1. The van der Waals surface area contributed by atoms with Gasteiger partial charge in [0, 0.05) is 5.69 Å². The summed E-state index contributed by atoms with van der Waals surface area (Å²) in [4.78, 5) is 24.0. The van der Waals surface area contributed by atoms with Gasteiger partial charge in [0.2, 0.25) is 0 Å². The zero-order valence-corrected chi connectivity index (χ0v) is 14.4. The molecule has 0 saturated carbocycles. The molecule has 7 heteroatoms. The number of carbonyl (C=O) groups is 2. The molecule has 25 heavy (non-hydrogen) atoms. The molecular formula is C18H19ClFN3O2. The first-order chi connectivity index (χ1) is 12.0. The number of fused-ring (bicyclic) bond motifs is 1. The van der Waals surface area contributed by atoms with Crippen LogP contribution >= 0.6 is 11.6 Å². The summed E-state index contributed by atoms with van der Waals surface area (Å²) in [7, 11) is 1.50. The van der Waals surface area contributed by atoms with Gasteiger partial charge in [-0.15, -0.1) is 0 Å². The van der Waals surface area contributed by atoms with Gasteiger partial charge < -0.3 is 16.4 Å². The minimum atomic E-state index is -0.837. The first-order valence-electron chi connectivity index (χ1n) is 7.77. The molecule has 2 aromatic carbocycles. The second-order valence-corrected chi connectivity index (χ2v) is 5.75. The Kier molecular flexibility index (Phi) is 6.50. The van der Waals surface area contributed by atoms with Crippen LogP contribution in [0.15, 0.2) is 42.5 Å². The number of aryl methyl sites for hydroxylation is 1.